The molecule has 1 aliphatic carbocycles. The zero-order valence-corrected chi connectivity index (χ0v) is 13.4. The quantitative estimate of drug-likeness (QED) is 0.743. The first kappa shape index (κ1) is 15.8. The second-order valence-corrected chi connectivity index (χ2v) is 6.57. The summed E-state index contributed by atoms with van der Waals surface area (Å²) in [5, 5.41) is 3.50. The van der Waals surface area contributed by atoms with Gasteiger partial charge in [-0.15, -0.1) is 0 Å². The molecule has 1 aromatic heterocycles. The fourth-order valence-electron chi connectivity index (χ4n) is 3.12. The Morgan fingerprint density at radius 3 is 2.82 bits per heavy atom. The van der Waals surface area contributed by atoms with Crippen molar-refractivity contribution in [2.24, 2.45) is 5.92 Å². The Hall–Kier alpha value is -1.04. The molecule has 1 saturated carbocycles. The van der Waals surface area contributed by atoms with Gasteiger partial charge in [0.05, 0.1) is 6.61 Å². The third-order valence-electron chi connectivity index (χ3n) is 4.63. The Morgan fingerprint density at radius 1 is 1.14 bits per heavy atom. The van der Waals surface area contributed by atoms with Crippen LogP contribution in [0.2, 0.25) is 0 Å². The molecule has 2 heterocycles. The van der Waals surface area contributed by atoms with Crippen LogP contribution in [0.1, 0.15) is 37.7 Å². The maximum Gasteiger partial charge on any atom is 0.115 e. The Kier molecular flexibility index (Phi) is 6.16. The summed E-state index contributed by atoms with van der Waals surface area (Å²) in [7, 11) is 0. The van der Waals surface area contributed by atoms with E-state index >= 15 is 0 Å². The van der Waals surface area contributed by atoms with Crippen LogP contribution in [0.4, 0.5) is 0 Å². The Bertz CT molecular complexity index is 416. The third kappa shape index (κ3) is 5.30. The van der Waals surface area contributed by atoms with Crippen molar-refractivity contribution >= 4 is 0 Å². The Labute approximate surface area is 133 Å². The summed E-state index contributed by atoms with van der Waals surface area (Å²) in [6.45, 7) is 6.00. The van der Waals surface area contributed by atoms with E-state index in [2.05, 4.69) is 20.2 Å². The first-order valence-electron chi connectivity index (χ1n) is 8.68. The summed E-state index contributed by atoms with van der Waals surface area (Å²) in [4.78, 5) is 10.9. The van der Waals surface area contributed by atoms with E-state index in [4.69, 9.17) is 4.74 Å². The van der Waals surface area contributed by atoms with Crippen LogP contribution in [-0.2, 0) is 11.3 Å². The average molecular weight is 304 g/mol. The molecule has 0 amide bonds. The van der Waals surface area contributed by atoms with Crippen molar-refractivity contribution in [3.05, 3.63) is 24.3 Å². The average Bonchev–Trinajstić information content (AvgIpc) is 3.38. The van der Waals surface area contributed by atoms with Crippen molar-refractivity contribution in [3.8, 4) is 0 Å². The molecule has 1 N–H and O–H groups in total. The van der Waals surface area contributed by atoms with E-state index in [-0.39, 0.29) is 0 Å². The largest absolute Gasteiger partial charge is 0.380 e. The van der Waals surface area contributed by atoms with Gasteiger partial charge in [-0.2, -0.15) is 0 Å². The van der Waals surface area contributed by atoms with Gasteiger partial charge in [0.25, 0.3) is 0 Å². The van der Waals surface area contributed by atoms with Gasteiger partial charge < -0.3 is 10.1 Å². The minimum atomic E-state index is 0.639. The minimum Gasteiger partial charge on any atom is -0.380 e. The standard InChI is InChI=1S/C17H28N4O/c1-2-17(5-7-18-6-1)21(8-9-22-13-15-3-4-15)12-16-10-19-14-20-11-16/h10-11,14-15,17-18H,1-9,12-13H2. The van der Waals surface area contributed by atoms with Gasteiger partial charge in [-0.1, -0.05) is 0 Å². The Morgan fingerprint density at radius 2 is 2.00 bits per heavy atom. The molecule has 5 nitrogen and oxygen atoms in total. The normalized spacial score (nSPS) is 22.7. The Balaban J connectivity index is 1.53. The van der Waals surface area contributed by atoms with E-state index in [0.717, 1.165) is 45.3 Å². The van der Waals surface area contributed by atoms with Gasteiger partial charge in [0, 0.05) is 43.7 Å². The number of aromatic nitrogens is 2. The molecule has 2 fully saturated rings. The molecule has 1 unspecified atom stereocenters. The molecule has 22 heavy (non-hydrogen) atoms. The van der Waals surface area contributed by atoms with Crippen molar-refractivity contribution in [1.82, 2.24) is 20.2 Å². The lowest BCUT2D eigenvalue weighted by molar-refractivity contribution is 0.0738. The number of hydrogen-bond donors (Lipinski definition) is 1. The highest BCUT2D eigenvalue weighted by atomic mass is 16.5. The van der Waals surface area contributed by atoms with Gasteiger partial charge in [0.15, 0.2) is 0 Å². The number of rotatable bonds is 8. The monoisotopic (exact) mass is 304 g/mol. The minimum absolute atomic E-state index is 0.639. The van der Waals surface area contributed by atoms with Crippen LogP contribution in [0.15, 0.2) is 18.7 Å². The second-order valence-electron chi connectivity index (χ2n) is 6.57. The maximum absolute atomic E-state index is 5.86. The van der Waals surface area contributed by atoms with Gasteiger partial charge in [-0.25, -0.2) is 9.97 Å². The number of nitrogens with zero attached hydrogens (tertiary/aromatic N) is 3. The van der Waals surface area contributed by atoms with Crippen LogP contribution in [0.3, 0.4) is 0 Å². The zero-order valence-electron chi connectivity index (χ0n) is 13.4. The highest BCUT2D eigenvalue weighted by Crippen LogP contribution is 2.28. The van der Waals surface area contributed by atoms with Crippen molar-refractivity contribution in [1.29, 1.82) is 0 Å². The van der Waals surface area contributed by atoms with Crippen LogP contribution in [-0.4, -0.2) is 53.8 Å². The summed E-state index contributed by atoms with van der Waals surface area (Å²) in [6.07, 6.45) is 11.9. The van der Waals surface area contributed by atoms with Crippen molar-refractivity contribution in [2.75, 3.05) is 32.8 Å². The molecule has 0 bridgehead atoms. The molecule has 1 saturated heterocycles. The number of nitrogens with one attached hydrogen (secondary N) is 1. The molecule has 0 spiro atoms. The molecule has 1 atom stereocenters. The van der Waals surface area contributed by atoms with Gasteiger partial charge in [-0.3, -0.25) is 4.90 Å². The van der Waals surface area contributed by atoms with Gasteiger partial charge in [0.2, 0.25) is 0 Å². The fourth-order valence-corrected chi connectivity index (χ4v) is 3.12. The zero-order chi connectivity index (χ0) is 15.0. The maximum atomic E-state index is 5.86. The van der Waals surface area contributed by atoms with E-state index in [1.807, 2.05) is 12.4 Å². The summed E-state index contributed by atoms with van der Waals surface area (Å²) in [5.74, 6) is 0.845. The van der Waals surface area contributed by atoms with Crippen LogP contribution in [0, 0.1) is 5.92 Å². The van der Waals surface area contributed by atoms with Crippen molar-refractivity contribution in [2.45, 2.75) is 44.7 Å². The molecular weight excluding hydrogens is 276 g/mol. The molecule has 122 valence electrons. The van der Waals surface area contributed by atoms with Crippen LogP contribution in [0.5, 0.6) is 0 Å². The van der Waals surface area contributed by atoms with Crippen molar-refractivity contribution in [3.63, 3.8) is 0 Å². The number of hydrogen-bond acceptors (Lipinski definition) is 5. The molecule has 3 rings (SSSR count). The highest BCUT2D eigenvalue weighted by molar-refractivity contribution is 5.02. The van der Waals surface area contributed by atoms with E-state index in [1.54, 1.807) is 6.33 Å². The lowest BCUT2D eigenvalue weighted by Gasteiger charge is -2.30. The lowest BCUT2D eigenvalue weighted by Crippen LogP contribution is -2.38. The number of ether oxygens (including phenoxy) is 1. The lowest BCUT2D eigenvalue weighted by atomic mass is 10.1. The van der Waals surface area contributed by atoms with Crippen LogP contribution in [0.25, 0.3) is 0 Å². The smallest absolute Gasteiger partial charge is 0.115 e. The van der Waals surface area contributed by atoms with E-state index < -0.39 is 0 Å². The van der Waals surface area contributed by atoms with E-state index in [9.17, 15) is 0 Å². The molecule has 1 aliphatic heterocycles. The molecule has 5 heteroatoms. The van der Waals surface area contributed by atoms with Crippen molar-refractivity contribution < 1.29 is 4.74 Å². The second kappa shape index (κ2) is 8.56. The first-order valence-corrected chi connectivity index (χ1v) is 8.68. The molecular formula is C17H28N4O. The summed E-state index contributed by atoms with van der Waals surface area (Å²) >= 11 is 0. The fraction of sp³-hybridized carbons (Fsp3) is 0.765. The SMILES string of the molecule is c1ncc(CN(CCOCC2CC2)C2CCCNCC2)cn1. The molecule has 0 aromatic carbocycles. The van der Waals surface area contributed by atoms with Gasteiger partial charge >= 0.3 is 0 Å². The molecule has 1 aromatic rings. The summed E-state index contributed by atoms with van der Waals surface area (Å²) < 4.78 is 5.86. The van der Waals surface area contributed by atoms with E-state index in [1.165, 1.54) is 37.7 Å². The first-order chi connectivity index (χ1) is 10.9. The van der Waals surface area contributed by atoms with Crippen LogP contribution < -0.4 is 5.32 Å². The summed E-state index contributed by atoms with van der Waals surface area (Å²) in [5.41, 5.74) is 1.20. The molecule has 2 aliphatic rings. The van der Waals surface area contributed by atoms with Gasteiger partial charge in [-0.05, 0) is 51.1 Å². The summed E-state index contributed by atoms with van der Waals surface area (Å²) in [6, 6.07) is 0.639. The highest BCUT2D eigenvalue weighted by Gasteiger charge is 2.23. The van der Waals surface area contributed by atoms with E-state index in [0.29, 0.717) is 6.04 Å². The third-order valence-corrected chi connectivity index (χ3v) is 4.63. The predicted octanol–water partition coefficient (Wildman–Crippen LogP) is 1.85. The molecule has 0 radical (unpaired) electrons. The van der Waals surface area contributed by atoms with Crippen LogP contribution >= 0.6 is 0 Å². The van der Waals surface area contributed by atoms with Gasteiger partial charge in [0.1, 0.15) is 6.33 Å². The predicted molar refractivity (Wildman–Crippen MR) is 86.5 cm³/mol. The topological polar surface area (TPSA) is 50.3 Å².